The number of rotatable bonds is 6. The molecule has 1 aromatic rings. The Labute approximate surface area is 96.4 Å². The molecular formula is C12H20N2S. The van der Waals surface area contributed by atoms with E-state index in [9.17, 15) is 0 Å². The van der Waals surface area contributed by atoms with Crippen molar-refractivity contribution in [1.82, 2.24) is 10.3 Å². The van der Waals surface area contributed by atoms with Gasteiger partial charge in [-0.1, -0.05) is 19.1 Å². The van der Waals surface area contributed by atoms with Gasteiger partial charge in [0, 0.05) is 23.5 Å². The van der Waals surface area contributed by atoms with E-state index in [1.807, 2.05) is 14.0 Å². The van der Waals surface area contributed by atoms with Crippen LogP contribution in [0.4, 0.5) is 0 Å². The molecule has 0 spiro atoms. The van der Waals surface area contributed by atoms with Gasteiger partial charge in [-0.3, -0.25) is 0 Å². The fraction of sp³-hybridized carbons (Fsp3) is 0.583. The first-order valence-corrected chi connectivity index (χ1v) is 6.28. The van der Waals surface area contributed by atoms with Crippen molar-refractivity contribution in [3.8, 4) is 0 Å². The Hall–Kier alpha value is -0.670. The Bertz CT molecular complexity index is 317. The number of likely N-dealkylation sites (N-methyl/N-ethyl adjacent to an activating group) is 1. The highest BCUT2D eigenvalue weighted by Gasteiger charge is 2.10. The highest BCUT2D eigenvalue weighted by Crippen LogP contribution is 2.15. The van der Waals surface area contributed by atoms with Gasteiger partial charge >= 0.3 is 0 Å². The minimum Gasteiger partial charge on any atom is -0.316 e. The summed E-state index contributed by atoms with van der Waals surface area (Å²) in [6, 6.07) is 0.475. The van der Waals surface area contributed by atoms with Crippen molar-refractivity contribution in [2.75, 3.05) is 7.05 Å². The molecule has 1 N–H and O–H groups in total. The van der Waals surface area contributed by atoms with E-state index in [1.54, 1.807) is 11.3 Å². The second-order valence-corrected chi connectivity index (χ2v) is 4.82. The van der Waals surface area contributed by atoms with Crippen molar-refractivity contribution >= 4 is 11.3 Å². The van der Waals surface area contributed by atoms with Gasteiger partial charge < -0.3 is 5.32 Å². The van der Waals surface area contributed by atoms with Crippen LogP contribution in [0, 0.1) is 6.92 Å². The zero-order valence-electron chi connectivity index (χ0n) is 9.84. The van der Waals surface area contributed by atoms with Gasteiger partial charge in [0.2, 0.25) is 0 Å². The van der Waals surface area contributed by atoms with Gasteiger partial charge in [-0.15, -0.1) is 11.3 Å². The molecule has 0 fully saturated rings. The summed E-state index contributed by atoms with van der Waals surface area (Å²) in [5.41, 5.74) is 2.43. The van der Waals surface area contributed by atoms with Crippen LogP contribution in [0.25, 0.3) is 0 Å². The third kappa shape index (κ3) is 4.14. The summed E-state index contributed by atoms with van der Waals surface area (Å²) < 4.78 is 0. The molecule has 1 heterocycles. The van der Waals surface area contributed by atoms with Crippen molar-refractivity contribution in [2.24, 2.45) is 0 Å². The zero-order chi connectivity index (χ0) is 11.3. The molecule has 0 amide bonds. The van der Waals surface area contributed by atoms with Crippen molar-refractivity contribution in [2.45, 2.75) is 39.2 Å². The van der Waals surface area contributed by atoms with E-state index >= 15 is 0 Å². The molecule has 0 aromatic carbocycles. The van der Waals surface area contributed by atoms with E-state index < -0.39 is 0 Å². The Balaban J connectivity index is 2.50. The number of hydrogen-bond donors (Lipinski definition) is 1. The summed E-state index contributed by atoms with van der Waals surface area (Å²) in [6.45, 7) is 8.25. The average Bonchev–Trinajstić information content (AvgIpc) is 2.62. The lowest BCUT2D eigenvalue weighted by molar-refractivity contribution is 0.547. The Morgan fingerprint density at radius 3 is 2.87 bits per heavy atom. The van der Waals surface area contributed by atoms with Gasteiger partial charge in [0.1, 0.15) is 0 Å². The average molecular weight is 224 g/mol. The Morgan fingerprint density at radius 1 is 1.67 bits per heavy atom. The van der Waals surface area contributed by atoms with Gasteiger partial charge in [0.15, 0.2) is 0 Å². The first kappa shape index (κ1) is 12.4. The normalized spacial score (nSPS) is 12.7. The highest BCUT2D eigenvalue weighted by molar-refractivity contribution is 7.09. The lowest BCUT2D eigenvalue weighted by Crippen LogP contribution is -2.27. The maximum absolute atomic E-state index is 4.48. The topological polar surface area (TPSA) is 24.9 Å². The van der Waals surface area contributed by atoms with Crippen LogP contribution in [-0.4, -0.2) is 18.1 Å². The molecule has 0 saturated carbocycles. The molecule has 0 aliphatic heterocycles. The zero-order valence-corrected chi connectivity index (χ0v) is 10.7. The van der Waals surface area contributed by atoms with E-state index in [1.165, 1.54) is 10.6 Å². The van der Waals surface area contributed by atoms with Crippen LogP contribution in [0.5, 0.6) is 0 Å². The number of thiazole rings is 1. The summed E-state index contributed by atoms with van der Waals surface area (Å²) in [5, 5.41) is 6.66. The molecule has 0 aliphatic rings. The Kier molecular flexibility index (Phi) is 4.99. The molecule has 0 saturated heterocycles. The summed E-state index contributed by atoms with van der Waals surface area (Å²) in [5.74, 6) is 0. The third-order valence-electron chi connectivity index (χ3n) is 2.53. The summed E-state index contributed by atoms with van der Waals surface area (Å²) in [6.07, 6.45) is 3.12. The number of nitrogens with zero attached hydrogens (tertiary/aromatic N) is 1. The number of aryl methyl sites for hydroxylation is 1. The third-order valence-corrected chi connectivity index (χ3v) is 3.52. The van der Waals surface area contributed by atoms with Crippen LogP contribution >= 0.6 is 11.3 Å². The van der Waals surface area contributed by atoms with E-state index in [-0.39, 0.29) is 0 Å². The van der Waals surface area contributed by atoms with E-state index in [0.29, 0.717) is 6.04 Å². The van der Waals surface area contributed by atoms with Crippen LogP contribution in [-0.2, 0) is 6.42 Å². The van der Waals surface area contributed by atoms with Crippen LogP contribution in [0.15, 0.2) is 17.5 Å². The molecular weight excluding hydrogens is 204 g/mol. The molecule has 15 heavy (non-hydrogen) atoms. The van der Waals surface area contributed by atoms with Gasteiger partial charge in [-0.05, 0) is 26.8 Å². The molecule has 0 bridgehead atoms. The molecule has 1 aromatic heterocycles. The summed E-state index contributed by atoms with van der Waals surface area (Å²) in [4.78, 5) is 4.48. The maximum atomic E-state index is 4.48. The maximum Gasteiger partial charge on any atom is 0.0943 e. The first-order chi connectivity index (χ1) is 7.15. The van der Waals surface area contributed by atoms with Gasteiger partial charge in [-0.2, -0.15) is 0 Å². The van der Waals surface area contributed by atoms with Gasteiger partial charge in [-0.25, -0.2) is 4.98 Å². The number of hydrogen-bond acceptors (Lipinski definition) is 3. The SMILES string of the molecule is C=C(CC)CC(Cc1nc(C)cs1)NC. The van der Waals surface area contributed by atoms with E-state index in [4.69, 9.17) is 0 Å². The minimum absolute atomic E-state index is 0.475. The lowest BCUT2D eigenvalue weighted by Gasteiger charge is -2.15. The largest absolute Gasteiger partial charge is 0.316 e. The monoisotopic (exact) mass is 224 g/mol. The molecule has 2 nitrogen and oxygen atoms in total. The number of aromatic nitrogens is 1. The summed E-state index contributed by atoms with van der Waals surface area (Å²) in [7, 11) is 2.01. The fourth-order valence-electron chi connectivity index (χ4n) is 1.48. The van der Waals surface area contributed by atoms with Crippen molar-refractivity contribution in [3.05, 3.63) is 28.2 Å². The van der Waals surface area contributed by atoms with Crippen LogP contribution in [0.2, 0.25) is 0 Å². The second kappa shape index (κ2) is 6.03. The predicted octanol–water partition coefficient (Wildman–Crippen LogP) is 2.94. The fourth-order valence-corrected chi connectivity index (χ4v) is 2.33. The van der Waals surface area contributed by atoms with Gasteiger partial charge in [0.05, 0.1) is 5.01 Å². The molecule has 0 radical (unpaired) electrons. The smallest absolute Gasteiger partial charge is 0.0943 e. The van der Waals surface area contributed by atoms with Crippen molar-refractivity contribution < 1.29 is 0 Å². The van der Waals surface area contributed by atoms with Crippen LogP contribution in [0.1, 0.15) is 30.5 Å². The van der Waals surface area contributed by atoms with Crippen LogP contribution < -0.4 is 5.32 Å². The summed E-state index contributed by atoms with van der Waals surface area (Å²) >= 11 is 1.75. The quantitative estimate of drug-likeness (QED) is 0.752. The molecule has 0 aliphatic carbocycles. The van der Waals surface area contributed by atoms with E-state index in [2.05, 4.69) is 29.2 Å². The first-order valence-electron chi connectivity index (χ1n) is 5.40. The highest BCUT2D eigenvalue weighted by atomic mass is 32.1. The van der Waals surface area contributed by atoms with Crippen LogP contribution in [0.3, 0.4) is 0 Å². The molecule has 1 rings (SSSR count). The second-order valence-electron chi connectivity index (χ2n) is 3.88. The molecule has 1 atom stereocenters. The molecule has 3 heteroatoms. The molecule has 84 valence electrons. The number of nitrogens with one attached hydrogen (secondary N) is 1. The van der Waals surface area contributed by atoms with E-state index in [0.717, 1.165) is 25.0 Å². The standard InChI is InChI=1S/C12H20N2S/c1-5-9(2)6-11(13-4)7-12-14-10(3)8-15-12/h8,11,13H,2,5-7H2,1,3-4H3. The van der Waals surface area contributed by atoms with Crippen molar-refractivity contribution in [3.63, 3.8) is 0 Å². The lowest BCUT2D eigenvalue weighted by atomic mass is 10.0. The predicted molar refractivity (Wildman–Crippen MR) is 67.5 cm³/mol. The van der Waals surface area contributed by atoms with Crippen molar-refractivity contribution in [1.29, 1.82) is 0 Å². The molecule has 1 unspecified atom stereocenters. The Morgan fingerprint density at radius 2 is 2.40 bits per heavy atom. The minimum atomic E-state index is 0.475. The van der Waals surface area contributed by atoms with Gasteiger partial charge in [0.25, 0.3) is 0 Å².